The predicted octanol–water partition coefficient (Wildman–Crippen LogP) is 0.926. The fourth-order valence-electron chi connectivity index (χ4n) is 1.02. The molecule has 0 aliphatic carbocycles. The number of aliphatic hydroxyl groups is 1. The Kier molecular flexibility index (Phi) is 3.20. The molecule has 1 aromatic rings. The Hall–Kier alpha value is -2.01. The van der Waals surface area contributed by atoms with Crippen molar-refractivity contribution in [2.24, 2.45) is 0 Å². The highest BCUT2D eigenvalue weighted by Crippen LogP contribution is 2.25. The molecule has 0 amide bonds. The molecule has 3 N–H and O–H groups in total. The number of anilines is 1. The van der Waals surface area contributed by atoms with E-state index in [2.05, 4.69) is 9.72 Å². The number of aromatic nitrogens is 1. The van der Waals surface area contributed by atoms with Gasteiger partial charge in [0.05, 0.1) is 12.2 Å². The maximum atomic E-state index is 11.9. The molecule has 86 valence electrons. The fourth-order valence-corrected chi connectivity index (χ4v) is 1.02. The molecule has 0 aliphatic heterocycles. The standard InChI is InChI=1S/C8H6F3N3O2/c9-8(10,11)16-6-1-4(3-15)5(2-12)7(13)14-6/h1,15H,3H2,(H2,13,14). The summed E-state index contributed by atoms with van der Waals surface area (Å²) >= 11 is 0. The fraction of sp³-hybridized carbons (Fsp3) is 0.250. The summed E-state index contributed by atoms with van der Waals surface area (Å²) in [5.74, 6) is -1.23. The van der Waals surface area contributed by atoms with Crippen molar-refractivity contribution in [2.45, 2.75) is 13.0 Å². The van der Waals surface area contributed by atoms with Gasteiger partial charge in [0, 0.05) is 11.6 Å². The molecule has 1 rings (SSSR count). The van der Waals surface area contributed by atoms with Gasteiger partial charge >= 0.3 is 6.36 Å². The van der Waals surface area contributed by atoms with Crippen molar-refractivity contribution < 1.29 is 23.0 Å². The van der Waals surface area contributed by atoms with E-state index in [1.165, 1.54) is 0 Å². The number of nitriles is 1. The summed E-state index contributed by atoms with van der Waals surface area (Å²) in [6.07, 6.45) is -4.90. The summed E-state index contributed by atoms with van der Waals surface area (Å²) in [5.41, 5.74) is 4.99. The molecule has 1 heterocycles. The number of hydrogen-bond donors (Lipinski definition) is 2. The molecule has 0 bridgehead atoms. The lowest BCUT2D eigenvalue weighted by molar-refractivity contribution is -0.276. The largest absolute Gasteiger partial charge is 0.574 e. The maximum absolute atomic E-state index is 11.9. The minimum absolute atomic E-state index is 0.0748. The van der Waals surface area contributed by atoms with Crippen molar-refractivity contribution in [2.75, 3.05) is 5.73 Å². The number of pyridine rings is 1. The van der Waals surface area contributed by atoms with Gasteiger partial charge in [0.15, 0.2) is 0 Å². The van der Waals surface area contributed by atoms with Gasteiger partial charge in [-0.15, -0.1) is 13.2 Å². The van der Waals surface area contributed by atoms with Gasteiger partial charge in [-0.2, -0.15) is 10.2 Å². The SMILES string of the molecule is N#Cc1c(CO)cc(OC(F)(F)F)nc1N. The molecule has 0 saturated heterocycles. The lowest BCUT2D eigenvalue weighted by Crippen LogP contribution is -2.18. The Balaban J connectivity index is 3.17. The molecule has 0 radical (unpaired) electrons. The van der Waals surface area contributed by atoms with Gasteiger partial charge < -0.3 is 15.6 Å². The van der Waals surface area contributed by atoms with Crippen LogP contribution < -0.4 is 10.5 Å². The van der Waals surface area contributed by atoms with Crippen molar-refractivity contribution in [3.05, 3.63) is 17.2 Å². The van der Waals surface area contributed by atoms with E-state index in [-0.39, 0.29) is 11.1 Å². The molecule has 0 aliphatic rings. The summed E-state index contributed by atoms with van der Waals surface area (Å²) < 4.78 is 39.1. The van der Waals surface area contributed by atoms with Crippen LogP contribution in [0.3, 0.4) is 0 Å². The Morgan fingerprint density at radius 3 is 2.62 bits per heavy atom. The summed E-state index contributed by atoms with van der Waals surface area (Å²) in [5, 5.41) is 17.4. The van der Waals surface area contributed by atoms with Gasteiger partial charge in [0.2, 0.25) is 5.88 Å². The van der Waals surface area contributed by atoms with Crippen LogP contribution >= 0.6 is 0 Å². The summed E-state index contributed by atoms with van der Waals surface area (Å²) in [4.78, 5) is 3.24. The lowest BCUT2D eigenvalue weighted by atomic mass is 10.1. The number of nitrogen functional groups attached to an aromatic ring is 1. The second-order valence-corrected chi connectivity index (χ2v) is 2.70. The highest BCUT2D eigenvalue weighted by Gasteiger charge is 2.32. The molecular formula is C8H6F3N3O2. The van der Waals surface area contributed by atoms with E-state index < -0.39 is 24.7 Å². The van der Waals surface area contributed by atoms with Gasteiger partial charge in [-0.1, -0.05) is 0 Å². The van der Waals surface area contributed by atoms with E-state index >= 15 is 0 Å². The second-order valence-electron chi connectivity index (χ2n) is 2.70. The molecule has 16 heavy (non-hydrogen) atoms. The average Bonchev–Trinajstić information content (AvgIpc) is 2.14. The van der Waals surface area contributed by atoms with Crippen LogP contribution in [-0.2, 0) is 6.61 Å². The quantitative estimate of drug-likeness (QED) is 0.792. The van der Waals surface area contributed by atoms with Crippen LogP contribution in [0.1, 0.15) is 11.1 Å². The third-order valence-corrected chi connectivity index (χ3v) is 1.61. The average molecular weight is 233 g/mol. The smallest absolute Gasteiger partial charge is 0.392 e. The van der Waals surface area contributed by atoms with E-state index in [1.54, 1.807) is 6.07 Å². The van der Waals surface area contributed by atoms with Crippen LogP contribution in [0.25, 0.3) is 0 Å². The molecule has 0 saturated carbocycles. The number of halogens is 3. The first-order chi connectivity index (χ1) is 7.37. The van der Waals surface area contributed by atoms with Gasteiger partial charge in [-0.05, 0) is 0 Å². The zero-order valence-corrected chi connectivity index (χ0v) is 7.75. The molecule has 0 unspecified atom stereocenters. The maximum Gasteiger partial charge on any atom is 0.574 e. The summed E-state index contributed by atoms with van der Waals surface area (Å²) in [6.45, 7) is -0.635. The van der Waals surface area contributed by atoms with E-state index in [0.717, 1.165) is 6.07 Å². The van der Waals surface area contributed by atoms with Crippen LogP contribution in [0, 0.1) is 11.3 Å². The first-order valence-corrected chi connectivity index (χ1v) is 3.93. The highest BCUT2D eigenvalue weighted by molar-refractivity contribution is 5.54. The molecule has 8 heteroatoms. The van der Waals surface area contributed by atoms with E-state index in [9.17, 15) is 13.2 Å². The topological polar surface area (TPSA) is 92.2 Å². The molecule has 0 spiro atoms. The van der Waals surface area contributed by atoms with Crippen molar-refractivity contribution in [1.82, 2.24) is 4.98 Å². The van der Waals surface area contributed by atoms with Crippen molar-refractivity contribution in [3.8, 4) is 11.9 Å². The van der Waals surface area contributed by atoms with E-state index in [1.807, 2.05) is 0 Å². The van der Waals surface area contributed by atoms with Crippen LogP contribution in [0.4, 0.5) is 19.0 Å². The Bertz CT molecular complexity index is 439. The third-order valence-electron chi connectivity index (χ3n) is 1.61. The summed E-state index contributed by atoms with van der Waals surface area (Å²) in [7, 11) is 0. The van der Waals surface area contributed by atoms with Crippen molar-refractivity contribution in [1.29, 1.82) is 5.26 Å². The molecular weight excluding hydrogens is 227 g/mol. The van der Waals surface area contributed by atoms with Gasteiger partial charge in [0.1, 0.15) is 11.9 Å². The van der Waals surface area contributed by atoms with Gasteiger partial charge in [-0.25, -0.2) is 0 Å². The number of aliphatic hydroxyl groups excluding tert-OH is 1. The number of hydrogen-bond acceptors (Lipinski definition) is 5. The Labute approximate surface area is 87.9 Å². The van der Waals surface area contributed by atoms with E-state index in [4.69, 9.17) is 16.1 Å². The lowest BCUT2D eigenvalue weighted by Gasteiger charge is -2.10. The minimum Gasteiger partial charge on any atom is -0.392 e. The van der Waals surface area contributed by atoms with Gasteiger partial charge in [-0.3, -0.25) is 0 Å². The number of alkyl halides is 3. The predicted molar refractivity (Wildman–Crippen MR) is 46.0 cm³/mol. The van der Waals surface area contributed by atoms with Crippen LogP contribution in [0.15, 0.2) is 6.07 Å². The zero-order valence-electron chi connectivity index (χ0n) is 7.75. The highest BCUT2D eigenvalue weighted by atomic mass is 19.4. The van der Waals surface area contributed by atoms with Crippen molar-refractivity contribution >= 4 is 5.82 Å². The number of rotatable bonds is 2. The van der Waals surface area contributed by atoms with Crippen LogP contribution in [0.2, 0.25) is 0 Å². The second kappa shape index (κ2) is 4.24. The van der Waals surface area contributed by atoms with Crippen molar-refractivity contribution in [3.63, 3.8) is 0 Å². The number of ether oxygens (including phenoxy) is 1. The van der Waals surface area contributed by atoms with Gasteiger partial charge in [0.25, 0.3) is 0 Å². The zero-order chi connectivity index (χ0) is 12.3. The monoisotopic (exact) mass is 233 g/mol. The summed E-state index contributed by atoms with van der Waals surface area (Å²) in [6, 6.07) is 2.43. The normalized spacial score (nSPS) is 10.9. The molecule has 1 aromatic heterocycles. The van der Waals surface area contributed by atoms with E-state index in [0.29, 0.717) is 0 Å². The third kappa shape index (κ3) is 2.74. The van der Waals surface area contributed by atoms with Crippen LogP contribution in [-0.4, -0.2) is 16.5 Å². The molecule has 5 nitrogen and oxygen atoms in total. The molecule has 0 aromatic carbocycles. The first kappa shape index (κ1) is 12.1. The Morgan fingerprint density at radius 2 is 2.19 bits per heavy atom. The molecule has 0 atom stereocenters. The Morgan fingerprint density at radius 1 is 1.56 bits per heavy atom. The first-order valence-electron chi connectivity index (χ1n) is 3.93. The minimum atomic E-state index is -4.90. The van der Waals surface area contributed by atoms with Crippen LogP contribution in [0.5, 0.6) is 5.88 Å². The number of nitrogens with two attached hydrogens (primary N) is 1. The number of nitrogens with zero attached hydrogens (tertiary/aromatic N) is 2. The molecule has 0 fully saturated rings.